The maximum absolute atomic E-state index is 12.4. The summed E-state index contributed by atoms with van der Waals surface area (Å²) in [4.78, 5) is 14.5. The predicted octanol–water partition coefficient (Wildman–Crippen LogP) is 6.93. The van der Waals surface area contributed by atoms with Crippen LogP contribution in [0.15, 0.2) is 0 Å². The molecule has 4 aliphatic rings. The molecule has 0 aromatic heterocycles. The van der Waals surface area contributed by atoms with Gasteiger partial charge in [-0.1, -0.05) is 53.9 Å². The molecule has 1 saturated heterocycles. The van der Waals surface area contributed by atoms with Gasteiger partial charge >= 0.3 is 0 Å². The summed E-state index contributed by atoms with van der Waals surface area (Å²) in [5.41, 5.74) is 0.944. The molecule has 29 heavy (non-hydrogen) atoms. The minimum absolute atomic E-state index is 0.363. The highest BCUT2D eigenvalue weighted by atomic mass is 16.2. The zero-order valence-electron chi connectivity index (χ0n) is 20.2. The van der Waals surface area contributed by atoms with Gasteiger partial charge in [-0.25, -0.2) is 0 Å². The van der Waals surface area contributed by atoms with Crippen LogP contribution < -0.4 is 0 Å². The zero-order valence-corrected chi connectivity index (χ0v) is 20.2. The van der Waals surface area contributed by atoms with E-state index in [1.807, 2.05) is 0 Å². The van der Waals surface area contributed by atoms with E-state index in [1.165, 1.54) is 57.8 Å². The number of carbonyl (C=O) groups is 1. The number of fused-ring (bicyclic) bond motifs is 5. The molecule has 166 valence electrons. The monoisotopic (exact) mass is 401 g/mol. The number of carbonyl (C=O) groups excluding carboxylic acids is 1. The van der Waals surface area contributed by atoms with Crippen LogP contribution in [0.1, 0.15) is 105 Å². The van der Waals surface area contributed by atoms with Crippen LogP contribution in [-0.2, 0) is 4.79 Å². The van der Waals surface area contributed by atoms with Gasteiger partial charge in [0, 0.05) is 19.5 Å². The van der Waals surface area contributed by atoms with E-state index in [2.05, 4.69) is 46.6 Å². The van der Waals surface area contributed by atoms with Crippen LogP contribution in [0.25, 0.3) is 0 Å². The summed E-state index contributed by atoms with van der Waals surface area (Å²) >= 11 is 0. The Morgan fingerprint density at radius 2 is 1.83 bits per heavy atom. The number of amides is 1. The molecule has 0 spiro atoms. The van der Waals surface area contributed by atoms with E-state index in [-0.39, 0.29) is 0 Å². The molecule has 0 aromatic carbocycles. The second-order valence-corrected chi connectivity index (χ2v) is 12.5. The van der Waals surface area contributed by atoms with Crippen molar-refractivity contribution in [3.05, 3.63) is 0 Å². The second kappa shape index (κ2) is 7.86. The molecule has 0 radical (unpaired) electrons. The van der Waals surface area contributed by atoms with Gasteiger partial charge in [-0.15, -0.1) is 0 Å². The Morgan fingerprint density at radius 1 is 1.07 bits per heavy atom. The molecule has 2 nitrogen and oxygen atoms in total. The normalized spacial score (nSPS) is 47.1. The molecule has 1 heterocycles. The Balaban J connectivity index is 1.50. The molecule has 4 fully saturated rings. The third-order valence-corrected chi connectivity index (χ3v) is 10.6. The molecule has 3 aliphatic carbocycles. The first-order valence-corrected chi connectivity index (χ1v) is 12.9. The van der Waals surface area contributed by atoms with Gasteiger partial charge in [0.05, 0.1) is 0 Å². The summed E-state index contributed by atoms with van der Waals surface area (Å²) in [6, 6.07) is 0.498. The fourth-order valence-corrected chi connectivity index (χ4v) is 9.23. The van der Waals surface area contributed by atoms with Crippen molar-refractivity contribution in [2.24, 2.45) is 46.3 Å². The van der Waals surface area contributed by atoms with Crippen LogP contribution in [0.3, 0.4) is 0 Å². The van der Waals surface area contributed by atoms with Gasteiger partial charge in [-0.05, 0) is 91.3 Å². The summed E-state index contributed by atoms with van der Waals surface area (Å²) in [7, 11) is 2.09. The van der Waals surface area contributed by atoms with Gasteiger partial charge < -0.3 is 4.90 Å². The standard InChI is InChI=1S/C27H47NO/c1-18(2)9-7-8-10-20-17-19(3)25-21-11-12-23-27(5,16-14-24(29)28(23)6)22(21)13-15-26(20,25)4/h18-23,25H,7-17H2,1-6H3/t19?,20-,21+,22-,23?,25-,26+,27+/m0/s1. The van der Waals surface area contributed by atoms with Gasteiger partial charge in [0.2, 0.25) is 5.91 Å². The predicted molar refractivity (Wildman–Crippen MR) is 122 cm³/mol. The molecule has 1 amide bonds. The van der Waals surface area contributed by atoms with Crippen molar-refractivity contribution in [1.29, 1.82) is 0 Å². The van der Waals surface area contributed by atoms with Crippen LogP contribution in [0, 0.1) is 46.3 Å². The average molecular weight is 402 g/mol. The van der Waals surface area contributed by atoms with Gasteiger partial charge in [0.15, 0.2) is 0 Å². The minimum atomic E-state index is 0.363. The molecule has 2 unspecified atom stereocenters. The summed E-state index contributed by atoms with van der Waals surface area (Å²) in [5, 5.41) is 0. The van der Waals surface area contributed by atoms with E-state index in [1.54, 1.807) is 0 Å². The van der Waals surface area contributed by atoms with Crippen LogP contribution in [-0.4, -0.2) is 23.9 Å². The van der Waals surface area contributed by atoms with Crippen LogP contribution in [0.4, 0.5) is 0 Å². The first kappa shape index (κ1) is 21.7. The van der Waals surface area contributed by atoms with Crippen LogP contribution in [0.2, 0.25) is 0 Å². The molecular formula is C27H47NO. The van der Waals surface area contributed by atoms with E-state index in [0.29, 0.717) is 22.8 Å². The van der Waals surface area contributed by atoms with Crippen molar-refractivity contribution >= 4 is 5.91 Å². The number of hydrogen-bond donors (Lipinski definition) is 0. The maximum atomic E-state index is 12.4. The Labute approximate surface area is 180 Å². The molecule has 0 N–H and O–H groups in total. The van der Waals surface area contributed by atoms with Gasteiger partial charge in [-0.3, -0.25) is 4.79 Å². The average Bonchev–Trinajstić information content (AvgIpc) is 2.92. The topological polar surface area (TPSA) is 20.3 Å². The summed E-state index contributed by atoms with van der Waals surface area (Å²) in [5.74, 6) is 5.78. The van der Waals surface area contributed by atoms with Gasteiger partial charge in [0.25, 0.3) is 0 Å². The van der Waals surface area contributed by atoms with Gasteiger partial charge in [0.1, 0.15) is 0 Å². The molecule has 3 saturated carbocycles. The zero-order chi connectivity index (χ0) is 21.0. The summed E-state index contributed by atoms with van der Waals surface area (Å²) < 4.78 is 0. The third kappa shape index (κ3) is 3.49. The Kier molecular flexibility index (Phi) is 5.88. The van der Waals surface area contributed by atoms with Gasteiger partial charge in [-0.2, -0.15) is 0 Å². The van der Waals surface area contributed by atoms with Crippen molar-refractivity contribution in [3.8, 4) is 0 Å². The minimum Gasteiger partial charge on any atom is -0.342 e. The molecule has 1 aliphatic heterocycles. The molecule has 0 aromatic rings. The lowest BCUT2D eigenvalue weighted by Crippen LogP contribution is -2.61. The summed E-state index contributed by atoms with van der Waals surface area (Å²) in [6.45, 7) is 12.6. The molecule has 4 rings (SSSR count). The fraction of sp³-hybridized carbons (Fsp3) is 0.963. The second-order valence-electron chi connectivity index (χ2n) is 12.5. The van der Waals surface area contributed by atoms with E-state index in [4.69, 9.17) is 0 Å². The number of nitrogens with zero attached hydrogens (tertiary/aromatic N) is 1. The van der Waals surface area contributed by atoms with Crippen molar-refractivity contribution in [3.63, 3.8) is 0 Å². The van der Waals surface area contributed by atoms with Crippen molar-refractivity contribution in [2.75, 3.05) is 7.05 Å². The first-order chi connectivity index (χ1) is 13.7. The molecule has 2 heteroatoms. The number of piperidine rings is 1. The Morgan fingerprint density at radius 3 is 2.55 bits per heavy atom. The third-order valence-electron chi connectivity index (χ3n) is 10.6. The van der Waals surface area contributed by atoms with Crippen LogP contribution >= 0.6 is 0 Å². The smallest absolute Gasteiger partial charge is 0.222 e. The highest BCUT2D eigenvalue weighted by molar-refractivity contribution is 5.77. The Hall–Kier alpha value is -0.530. The van der Waals surface area contributed by atoms with E-state index in [0.717, 1.165) is 48.3 Å². The maximum Gasteiger partial charge on any atom is 0.222 e. The van der Waals surface area contributed by atoms with Crippen molar-refractivity contribution < 1.29 is 4.79 Å². The van der Waals surface area contributed by atoms with E-state index >= 15 is 0 Å². The lowest BCUT2D eigenvalue weighted by atomic mass is 9.46. The van der Waals surface area contributed by atoms with Crippen molar-refractivity contribution in [1.82, 2.24) is 4.90 Å². The lowest BCUT2D eigenvalue weighted by Gasteiger charge is -2.62. The SMILES string of the molecule is CC(C)CCCC[C@H]1CC(C)[C@H]2[C@@H]3CCC4N(C)C(=O)CC[C@]4(C)[C@H]3CC[C@]12C. The Bertz CT molecular complexity index is 614. The number of likely N-dealkylation sites (tertiary alicyclic amines) is 1. The quantitative estimate of drug-likeness (QED) is 0.457. The molecule has 0 bridgehead atoms. The van der Waals surface area contributed by atoms with E-state index in [9.17, 15) is 4.79 Å². The largest absolute Gasteiger partial charge is 0.342 e. The molecule has 8 atom stereocenters. The number of hydrogen-bond acceptors (Lipinski definition) is 1. The lowest BCUT2D eigenvalue weighted by molar-refractivity contribution is -0.159. The number of rotatable bonds is 5. The highest BCUT2D eigenvalue weighted by Gasteiger charge is 2.62. The fourth-order valence-electron chi connectivity index (χ4n) is 9.23. The van der Waals surface area contributed by atoms with E-state index < -0.39 is 0 Å². The van der Waals surface area contributed by atoms with Crippen LogP contribution in [0.5, 0.6) is 0 Å². The first-order valence-electron chi connectivity index (χ1n) is 12.9. The number of unbranched alkanes of at least 4 members (excludes halogenated alkanes) is 1. The molecular weight excluding hydrogens is 354 g/mol. The summed E-state index contributed by atoms with van der Waals surface area (Å²) in [6.07, 6.45) is 14.6. The highest BCUT2D eigenvalue weighted by Crippen LogP contribution is 2.68. The van der Waals surface area contributed by atoms with Crippen molar-refractivity contribution in [2.45, 2.75) is 111 Å².